The zero-order valence-electron chi connectivity index (χ0n) is 10.8. The van der Waals surface area contributed by atoms with Crippen LogP contribution in [0.3, 0.4) is 0 Å². The van der Waals surface area contributed by atoms with E-state index in [9.17, 15) is 8.42 Å². The molecule has 0 bridgehead atoms. The Balaban J connectivity index is 2.76. The minimum atomic E-state index is -3.22. The molecule has 0 spiro atoms. The summed E-state index contributed by atoms with van der Waals surface area (Å²) in [7, 11) is -3.22. The van der Waals surface area contributed by atoms with Gasteiger partial charge < -0.3 is 9.84 Å². The van der Waals surface area contributed by atoms with Crippen molar-refractivity contribution in [3.8, 4) is 0 Å². The number of ether oxygens (including phenoxy) is 1. The third-order valence-electron chi connectivity index (χ3n) is 2.80. The van der Waals surface area contributed by atoms with Crippen molar-refractivity contribution in [1.29, 1.82) is 0 Å². The van der Waals surface area contributed by atoms with Crippen LogP contribution < -0.4 is 0 Å². The van der Waals surface area contributed by atoms with Crippen molar-refractivity contribution >= 4 is 10.0 Å². The molecule has 1 aliphatic heterocycles. The highest BCUT2D eigenvalue weighted by Crippen LogP contribution is 2.23. The molecule has 0 aliphatic carbocycles. The SMILES string of the molecule is CCCCS(=O)(=O)N1CC(CO)OC(C)(C)C1. The maximum atomic E-state index is 12.1. The van der Waals surface area contributed by atoms with Gasteiger partial charge in [-0.25, -0.2) is 8.42 Å². The largest absolute Gasteiger partial charge is 0.394 e. The number of aliphatic hydroxyl groups excluding tert-OH is 1. The van der Waals surface area contributed by atoms with Crippen LogP contribution in [0.15, 0.2) is 0 Å². The van der Waals surface area contributed by atoms with E-state index in [0.29, 0.717) is 13.0 Å². The Morgan fingerprint density at radius 2 is 2.12 bits per heavy atom. The van der Waals surface area contributed by atoms with E-state index in [4.69, 9.17) is 9.84 Å². The van der Waals surface area contributed by atoms with Crippen molar-refractivity contribution in [2.75, 3.05) is 25.4 Å². The molecule has 0 amide bonds. The van der Waals surface area contributed by atoms with Crippen LogP contribution in [0, 0.1) is 0 Å². The van der Waals surface area contributed by atoms with Gasteiger partial charge in [-0.05, 0) is 20.3 Å². The Morgan fingerprint density at radius 3 is 2.65 bits per heavy atom. The number of hydrogen-bond acceptors (Lipinski definition) is 4. The van der Waals surface area contributed by atoms with Crippen LogP contribution in [-0.2, 0) is 14.8 Å². The molecule has 0 aromatic heterocycles. The summed E-state index contributed by atoms with van der Waals surface area (Å²) >= 11 is 0. The topological polar surface area (TPSA) is 66.8 Å². The van der Waals surface area contributed by atoms with Gasteiger partial charge in [-0.3, -0.25) is 0 Å². The van der Waals surface area contributed by atoms with E-state index < -0.39 is 21.7 Å². The number of unbranched alkanes of at least 4 members (excludes halogenated alkanes) is 1. The molecule has 1 fully saturated rings. The average molecular weight is 265 g/mol. The van der Waals surface area contributed by atoms with Crippen LogP contribution in [0.5, 0.6) is 0 Å². The zero-order chi connectivity index (χ0) is 13.1. The third kappa shape index (κ3) is 4.21. The van der Waals surface area contributed by atoms with E-state index in [1.54, 1.807) is 0 Å². The average Bonchev–Trinajstić information content (AvgIpc) is 2.24. The fourth-order valence-electron chi connectivity index (χ4n) is 2.00. The Labute approximate surface area is 104 Å². The van der Waals surface area contributed by atoms with Gasteiger partial charge in [0.25, 0.3) is 0 Å². The second-order valence-electron chi connectivity index (χ2n) is 5.14. The highest BCUT2D eigenvalue weighted by molar-refractivity contribution is 7.89. The Morgan fingerprint density at radius 1 is 1.47 bits per heavy atom. The predicted molar refractivity (Wildman–Crippen MR) is 66.3 cm³/mol. The molecule has 1 N–H and O–H groups in total. The first-order valence-corrected chi connectivity index (χ1v) is 7.68. The fraction of sp³-hybridized carbons (Fsp3) is 1.00. The summed E-state index contributed by atoms with van der Waals surface area (Å²) < 4.78 is 31.2. The summed E-state index contributed by atoms with van der Waals surface area (Å²) in [5.74, 6) is 0.178. The van der Waals surface area contributed by atoms with Crippen molar-refractivity contribution in [1.82, 2.24) is 4.31 Å². The highest BCUT2D eigenvalue weighted by atomic mass is 32.2. The Kier molecular flexibility index (Phi) is 4.95. The normalized spacial score (nSPS) is 26.0. The highest BCUT2D eigenvalue weighted by Gasteiger charge is 2.38. The Bertz CT molecular complexity index is 339. The van der Waals surface area contributed by atoms with Gasteiger partial charge in [-0.2, -0.15) is 4.31 Å². The maximum absolute atomic E-state index is 12.1. The lowest BCUT2D eigenvalue weighted by Gasteiger charge is -2.41. The maximum Gasteiger partial charge on any atom is 0.214 e. The van der Waals surface area contributed by atoms with Gasteiger partial charge in [-0.15, -0.1) is 0 Å². The van der Waals surface area contributed by atoms with E-state index in [0.717, 1.165) is 6.42 Å². The van der Waals surface area contributed by atoms with Gasteiger partial charge in [0.1, 0.15) is 0 Å². The number of rotatable bonds is 5. The Hall–Kier alpha value is -0.170. The molecule has 1 saturated heterocycles. The molecule has 1 atom stereocenters. The molecule has 1 unspecified atom stereocenters. The predicted octanol–water partition coefficient (Wildman–Crippen LogP) is 0.588. The molecule has 6 heteroatoms. The molecular weight excluding hydrogens is 242 g/mol. The van der Waals surface area contributed by atoms with Crippen molar-refractivity contribution in [2.24, 2.45) is 0 Å². The fourth-order valence-corrected chi connectivity index (χ4v) is 3.82. The summed E-state index contributed by atoms with van der Waals surface area (Å²) in [5.41, 5.74) is -0.537. The molecule has 0 aromatic carbocycles. The van der Waals surface area contributed by atoms with Crippen LogP contribution in [0.2, 0.25) is 0 Å². The molecule has 1 heterocycles. The zero-order valence-corrected chi connectivity index (χ0v) is 11.7. The molecule has 5 nitrogen and oxygen atoms in total. The van der Waals surface area contributed by atoms with Crippen molar-refractivity contribution in [3.63, 3.8) is 0 Å². The van der Waals surface area contributed by atoms with E-state index >= 15 is 0 Å². The molecule has 0 aromatic rings. The first-order chi connectivity index (χ1) is 7.80. The van der Waals surface area contributed by atoms with Crippen LogP contribution in [0.25, 0.3) is 0 Å². The van der Waals surface area contributed by atoms with Gasteiger partial charge in [0.05, 0.1) is 24.1 Å². The number of nitrogens with zero attached hydrogens (tertiary/aromatic N) is 1. The van der Waals surface area contributed by atoms with Gasteiger partial charge in [0.15, 0.2) is 0 Å². The molecular formula is C11H23NO4S. The lowest BCUT2D eigenvalue weighted by Crippen LogP contribution is -2.55. The molecule has 17 heavy (non-hydrogen) atoms. The van der Waals surface area contributed by atoms with Gasteiger partial charge >= 0.3 is 0 Å². The minimum Gasteiger partial charge on any atom is -0.394 e. The van der Waals surface area contributed by atoms with Crippen LogP contribution in [0.1, 0.15) is 33.6 Å². The van der Waals surface area contributed by atoms with Gasteiger partial charge in [0, 0.05) is 13.1 Å². The number of sulfonamides is 1. The molecule has 102 valence electrons. The molecule has 1 aliphatic rings. The third-order valence-corrected chi connectivity index (χ3v) is 4.67. The quantitative estimate of drug-likeness (QED) is 0.790. The second-order valence-corrected chi connectivity index (χ2v) is 7.23. The summed E-state index contributed by atoms with van der Waals surface area (Å²) in [6, 6.07) is 0. The molecule has 0 radical (unpaired) electrons. The summed E-state index contributed by atoms with van der Waals surface area (Å²) in [4.78, 5) is 0. The number of morpholine rings is 1. The van der Waals surface area contributed by atoms with E-state index in [1.807, 2.05) is 20.8 Å². The molecule has 1 rings (SSSR count). The lowest BCUT2D eigenvalue weighted by atomic mass is 10.1. The van der Waals surface area contributed by atoms with Crippen LogP contribution in [-0.4, -0.2) is 55.0 Å². The lowest BCUT2D eigenvalue weighted by molar-refractivity contribution is -0.131. The smallest absolute Gasteiger partial charge is 0.214 e. The standard InChI is InChI=1S/C11H23NO4S/c1-4-5-6-17(14,15)12-7-10(8-13)16-11(2,3)9-12/h10,13H,4-9H2,1-3H3. The first kappa shape index (κ1) is 14.9. The van der Waals surface area contributed by atoms with E-state index in [1.165, 1.54) is 4.31 Å². The van der Waals surface area contributed by atoms with Crippen LogP contribution in [0.4, 0.5) is 0 Å². The minimum absolute atomic E-state index is 0.150. The summed E-state index contributed by atoms with van der Waals surface area (Å²) in [5, 5.41) is 9.14. The second kappa shape index (κ2) is 5.65. The van der Waals surface area contributed by atoms with Crippen molar-refractivity contribution in [3.05, 3.63) is 0 Å². The van der Waals surface area contributed by atoms with Crippen molar-refractivity contribution in [2.45, 2.75) is 45.3 Å². The number of hydrogen-bond donors (Lipinski definition) is 1. The van der Waals surface area contributed by atoms with Crippen LogP contribution >= 0.6 is 0 Å². The number of aliphatic hydroxyl groups is 1. The molecule has 0 saturated carbocycles. The summed E-state index contributed by atoms with van der Waals surface area (Å²) in [6.45, 7) is 6.12. The van der Waals surface area contributed by atoms with Gasteiger partial charge in [0.2, 0.25) is 10.0 Å². The first-order valence-electron chi connectivity index (χ1n) is 6.07. The van der Waals surface area contributed by atoms with Crippen molar-refractivity contribution < 1.29 is 18.3 Å². The van der Waals surface area contributed by atoms with E-state index in [-0.39, 0.29) is 18.9 Å². The summed E-state index contributed by atoms with van der Waals surface area (Å²) in [6.07, 6.45) is 1.11. The van der Waals surface area contributed by atoms with Gasteiger partial charge in [-0.1, -0.05) is 13.3 Å². The monoisotopic (exact) mass is 265 g/mol. The van der Waals surface area contributed by atoms with E-state index in [2.05, 4.69) is 0 Å².